The number of nitrogens with two attached hydrogens (primary N) is 1. The van der Waals surface area contributed by atoms with Crippen molar-refractivity contribution in [3.05, 3.63) is 59.8 Å². The van der Waals surface area contributed by atoms with E-state index in [-0.39, 0.29) is 66.8 Å². The lowest BCUT2D eigenvalue weighted by Crippen LogP contribution is -2.55. The van der Waals surface area contributed by atoms with E-state index in [1.807, 2.05) is 39.5 Å². The first-order valence-electron chi connectivity index (χ1n) is 21.8. The molecule has 14 atom stereocenters. The summed E-state index contributed by atoms with van der Waals surface area (Å²) in [5.41, 5.74) is 6.27. The van der Waals surface area contributed by atoms with E-state index in [1.165, 1.54) is 0 Å². The summed E-state index contributed by atoms with van der Waals surface area (Å²) in [6.07, 6.45) is 16.0. The maximum absolute atomic E-state index is 14.3. The minimum absolute atomic E-state index is 0.0307. The number of rotatable bonds is 20. The van der Waals surface area contributed by atoms with Crippen LogP contribution >= 0.6 is 0 Å². The van der Waals surface area contributed by atoms with Crippen molar-refractivity contribution in [1.82, 2.24) is 10.2 Å². The van der Waals surface area contributed by atoms with E-state index in [2.05, 4.69) is 11.4 Å². The highest BCUT2D eigenvalue weighted by atomic mass is 16.3. The van der Waals surface area contributed by atoms with Gasteiger partial charge in [0.15, 0.2) is 23.4 Å². The zero-order valence-electron chi connectivity index (χ0n) is 35.7. The highest BCUT2D eigenvalue weighted by molar-refractivity contribution is 6.24. The fraction of sp³-hybridized carbons (Fsp3) is 0.696. The van der Waals surface area contributed by atoms with Gasteiger partial charge in [0.05, 0.1) is 43.2 Å². The smallest absolute Gasteiger partial charge is 0.238 e. The summed E-state index contributed by atoms with van der Waals surface area (Å²) in [4.78, 5) is 41.6. The van der Waals surface area contributed by atoms with Gasteiger partial charge in [-0.3, -0.25) is 19.8 Å². The van der Waals surface area contributed by atoms with Gasteiger partial charge >= 0.3 is 0 Å². The fourth-order valence-corrected chi connectivity index (χ4v) is 10.0. The molecule has 1 amide bonds. The van der Waals surface area contributed by atoms with Crippen molar-refractivity contribution in [3.8, 4) is 0 Å². The second-order valence-corrected chi connectivity index (χ2v) is 18.1. The lowest BCUT2D eigenvalue weighted by molar-refractivity contribution is -0.150. The molecular formula is C46H72N4O9. The summed E-state index contributed by atoms with van der Waals surface area (Å²) in [5, 5.41) is 74.5. The Morgan fingerprint density at radius 2 is 1.69 bits per heavy atom. The van der Waals surface area contributed by atoms with E-state index < -0.39 is 59.6 Å². The summed E-state index contributed by atoms with van der Waals surface area (Å²) >= 11 is 0. The molecule has 0 radical (unpaired) electrons. The molecule has 330 valence electrons. The number of amides is 1. The molecule has 2 aliphatic carbocycles. The van der Waals surface area contributed by atoms with Crippen LogP contribution in [-0.4, -0.2) is 115 Å². The standard InChI is InChI=1S/C46H72N4O9/c1-27(38(54)15-7-12-32(51)11-6-13-34(53)25-31-10-9-23-50(31)45(47)48)17-20-33(52)21-18-28(2)42(57)29(3)19-22-36-30(4)24-35-37(14-8-16-39(35)55)46(36,5)43(58)41-40(56)26-49-44(41)59/h6-7,11,15,17-18,20,24,27,29,31-39,41-42,51-55,57H,8-10,12-14,16,19,21-23,25-26H2,1-5H3,(H3,47,48)(H,49,59)/b11-6+,15-7+,20-17+,28-18+. The zero-order valence-corrected chi connectivity index (χ0v) is 35.7. The second-order valence-electron chi connectivity index (χ2n) is 18.1. The Labute approximate surface area is 350 Å². The van der Waals surface area contributed by atoms with Crippen molar-refractivity contribution >= 4 is 23.4 Å². The third-order valence-electron chi connectivity index (χ3n) is 13.7. The van der Waals surface area contributed by atoms with Gasteiger partial charge in [0.25, 0.3) is 0 Å². The molecule has 14 unspecified atom stereocenters. The number of guanidine groups is 1. The molecular weight excluding hydrogens is 753 g/mol. The Kier molecular flexibility index (Phi) is 17.9. The highest BCUT2D eigenvalue weighted by Crippen LogP contribution is 2.56. The number of nitrogens with zero attached hydrogens (tertiary/aromatic N) is 1. The van der Waals surface area contributed by atoms with Gasteiger partial charge in [-0.1, -0.05) is 81.4 Å². The van der Waals surface area contributed by atoms with Crippen LogP contribution in [0.3, 0.4) is 0 Å². The first kappa shape index (κ1) is 48.2. The van der Waals surface area contributed by atoms with E-state index in [4.69, 9.17) is 11.1 Å². The molecule has 0 aromatic rings. The van der Waals surface area contributed by atoms with Crippen LogP contribution in [0, 0.1) is 46.3 Å². The van der Waals surface area contributed by atoms with Gasteiger partial charge in [-0.15, -0.1) is 0 Å². The Morgan fingerprint density at radius 3 is 2.37 bits per heavy atom. The molecule has 0 aromatic heterocycles. The summed E-state index contributed by atoms with van der Waals surface area (Å²) in [5.74, 6) is -3.81. The Morgan fingerprint density at radius 1 is 1.00 bits per heavy atom. The third-order valence-corrected chi connectivity index (χ3v) is 13.7. The van der Waals surface area contributed by atoms with E-state index in [0.717, 1.165) is 37.8 Å². The number of aliphatic hydroxyl groups excluding tert-OH is 6. The number of hydrogen-bond acceptors (Lipinski definition) is 10. The largest absolute Gasteiger partial charge is 0.393 e. The zero-order chi connectivity index (χ0) is 43.6. The molecule has 0 bridgehead atoms. The maximum atomic E-state index is 14.3. The summed E-state index contributed by atoms with van der Waals surface area (Å²) < 4.78 is 0. The Bertz CT molecular complexity index is 1610. The minimum atomic E-state index is -1.33. The van der Waals surface area contributed by atoms with Gasteiger partial charge in [0.2, 0.25) is 5.91 Å². The molecule has 13 nitrogen and oxygen atoms in total. The molecule has 4 rings (SSSR count). The average molecular weight is 825 g/mol. The Balaban J connectivity index is 1.24. The van der Waals surface area contributed by atoms with Crippen LogP contribution in [0.5, 0.6) is 0 Å². The van der Waals surface area contributed by atoms with Gasteiger partial charge in [0.1, 0.15) is 0 Å². The van der Waals surface area contributed by atoms with Crippen molar-refractivity contribution in [2.24, 2.45) is 46.7 Å². The lowest BCUT2D eigenvalue weighted by Gasteiger charge is -2.53. The topological polar surface area (TPSA) is 238 Å². The monoisotopic (exact) mass is 825 g/mol. The predicted molar refractivity (Wildman–Crippen MR) is 228 cm³/mol. The summed E-state index contributed by atoms with van der Waals surface area (Å²) in [7, 11) is 0. The molecule has 0 aromatic carbocycles. The maximum Gasteiger partial charge on any atom is 0.238 e. The molecule has 59 heavy (non-hydrogen) atoms. The number of allylic oxidation sites excluding steroid dienone is 1. The second kappa shape index (κ2) is 21.9. The van der Waals surface area contributed by atoms with Crippen LogP contribution in [0.1, 0.15) is 105 Å². The normalized spacial score (nSPS) is 31.5. The molecule has 4 aliphatic rings. The molecule has 2 heterocycles. The highest BCUT2D eigenvalue weighted by Gasteiger charge is 2.58. The van der Waals surface area contributed by atoms with Crippen molar-refractivity contribution in [1.29, 1.82) is 5.41 Å². The Hall–Kier alpha value is -3.46. The third kappa shape index (κ3) is 12.3. The van der Waals surface area contributed by atoms with Gasteiger partial charge < -0.3 is 46.6 Å². The molecule has 10 N–H and O–H groups in total. The number of carbonyl (C=O) groups is 3. The number of nitrogens with one attached hydrogen (secondary N) is 2. The predicted octanol–water partition coefficient (Wildman–Crippen LogP) is 3.62. The lowest BCUT2D eigenvalue weighted by atomic mass is 9.50. The van der Waals surface area contributed by atoms with Crippen LogP contribution in [0.2, 0.25) is 0 Å². The van der Waals surface area contributed by atoms with E-state index in [0.29, 0.717) is 37.7 Å². The van der Waals surface area contributed by atoms with Gasteiger partial charge in [0, 0.05) is 29.8 Å². The van der Waals surface area contributed by atoms with Gasteiger partial charge in [-0.05, 0) is 101 Å². The number of likely N-dealkylation sites (tertiary alicyclic amines) is 1. The fourth-order valence-electron chi connectivity index (χ4n) is 10.0. The van der Waals surface area contributed by atoms with Crippen LogP contribution in [0.25, 0.3) is 0 Å². The molecule has 3 fully saturated rings. The van der Waals surface area contributed by atoms with Crippen molar-refractivity contribution in [3.63, 3.8) is 0 Å². The molecule has 0 spiro atoms. The molecule has 2 saturated heterocycles. The summed E-state index contributed by atoms with van der Waals surface area (Å²) in [6, 6.07) is 0.0578. The number of fused-ring (bicyclic) bond motifs is 1. The molecule has 2 aliphatic heterocycles. The quantitative estimate of drug-likeness (QED) is 0.0372. The first-order chi connectivity index (χ1) is 27.9. The summed E-state index contributed by atoms with van der Waals surface area (Å²) in [6.45, 7) is 10.0. The number of carbonyl (C=O) groups excluding carboxylic acids is 3. The number of hydrogen-bond donors (Lipinski definition) is 9. The van der Waals surface area contributed by atoms with Crippen LogP contribution in [0.4, 0.5) is 0 Å². The van der Waals surface area contributed by atoms with Gasteiger partial charge in [-0.2, -0.15) is 0 Å². The minimum Gasteiger partial charge on any atom is -0.393 e. The molecule has 1 saturated carbocycles. The van der Waals surface area contributed by atoms with Crippen molar-refractivity contribution < 1.29 is 45.0 Å². The van der Waals surface area contributed by atoms with Crippen LogP contribution in [0.15, 0.2) is 59.8 Å². The van der Waals surface area contributed by atoms with Crippen molar-refractivity contribution in [2.45, 2.75) is 148 Å². The van der Waals surface area contributed by atoms with Crippen LogP contribution < -0.4 is 11.1 Å². The van der Waals surface area contributed by atoms with Crippen LogP contribution in [-0.2, 0) is 14.4 Å². The molecule has 13 heteroatoms. The van der Waals surface area contributed by atoms with E-state index in [9.17, 15) is 45.0 Å². The van der Waals surface area contributed by atoms with Crippen molar-refractivity contribution in [2.75, 3.05) is 13.1 Å². The number of Topliss-reactive ketones (excluding diaryl/α,β-unsaturated/α-hetero) is 2. The SMILES string of the molecule is CC1=CC2C(O)CCCC2C(C)(C(=O)C2C(=O)CNC2=O)C1CCC(C)C(O)/C(C)=C/CC(O)/C=C/C(C)C(O)/C=C/CC(O)/C=C/CC(O)CC1CCCN1C(=N)N. The van der Waals surface area contributed by atoms with Gasteiger partial charge in [-0.25, -0.2) is 0 Å². The number of aliphatic hydroxyl groups is 6. The average Bonchev–Trinajstić information content (AvgIpc) is 3.80. The van der Waals surface area contributed by atoms with E-state index in [1.54, 1.807) is 42.5 Å². The first-order valence-corrected chi connectivity index (χ1v) is 21.8. The number of ketones is 2. The van der Waals surface area contributed by atoms with E-state index >= 15 is 0 Å².